The van der Waals surface area contributed by atoms with Crippen LogP contribution >= 0.6 is 0 Å². The summed E-state index contributed by atoms with van der Waals surface area (Å²) in [6.45, 7) is 2.85. The first-order valence-corrected chi connectivity index (χ1v) is 11.2. The normalized spacial score (nSPS) is 23.0. The van der Waals surface area contributed by atoms with Crippen LogP contribution in [0.2, 0.25) is 0 Å². The Labute approximate surface area is 184 Å². The van der Waals surface area contributed by atoms with Crippen molar-refractivity contribution in [1.29, 1.82) is 0 Å². The molecule has 1 fully saturated rings. The fourth-order valence-corrected chi connectivity index (χ4v) is 4.82. The van der Waals surface area contributed by atoms with Crippen molar-refractivity contribution < 1.29 is 14.3 Å². The number of likely N-dealkylation sites (N-methyl/N-ethyl adjacent to an activating group) is 1. The Morgan fingerprint density at radius 2 is 1.97 bits per heavy atom. The summed E-state index contributed by atoms with van der Waals surface area (Å²) < 4.78 is 11.0. The molecule has 2 aliphatic rings. The van der Waals surface area contributed by atoms with Crippen molar-refractivity contribution in [2.45, 2.75) is 44.7 Å². The molecule has 31 heavy (non-hydrogen) atoms. The first kappa shape index (κ1) is 21.6. The highest BCUT2D eigenvalue weighted by Gasteiger charge is 2.34. The van der Waals surface area contributed by atoms with Gasteiger partial charge >= 0.3 is 6.01 Å². The highest BCUT2D eigenvalue weighted by Crippen LogP contribution is 2.29. The van der Waals surface area contributed by atoms with Gasteiger partial charge in [0.25, 0.3) is 5.91 Å². The molecular formula is C24H32N4O3. The number of aromatic nitrogens is 2. The zero-order valence-electron chi connectivity index (χ0n) is 18.5. The molecule has 0 unspecified atom stereocenters. The maximum Gasteiger partial charge on any atom is 0.316 e. The van der Waals surface area contributed by atoms with Crippen LogP contribution in [0, 0.1) is 5.92 Å². The van der Waals surface area contributed by atoms with Crippen molar-refractivity contribution in [3.05, 3.63) is 47.8 Å². The molecular weight excluding hydrogens is 392 g/mol. The van der Waals surface area contributed by atoms with Crippen molar-refractivity contribution in [3.63, 3.8) is 0 Å². The fourth-order valence-electron chi connectivity index (χ4n) is 4.82. The maximum absolute atomic E-state index is 12.9. The Kier molecular flexibility index (Phi) is 7.02. The third-order valence-corrected chi connectivity index (χ3v) is 6.53. The fraction of sp³-hybridized carbons (Fsp3) is 0.542. The summed E-state index contributed by atoms with van der Waals surface area (Å²) in [6.07, 6.45) is 9.04. The van der Waals surface area contributed by atoms with Crippen LogP contribution in [0.3, 0.4) is 0 Å². The molecule has 2 aromatic rings. The Bertz CT molecular complexity index is 873. The van der Waals surface area contributed by atoms with Gasteiger partial charge in [-0.2, -0.15) is 0 Å². The van der Waals surface area contributed by atoms with E-state index in [0.717, 1.165) is 63.1 Å². The molecule has 0 N–H and O–H groups in total. The molecule has 1 saturated heterocycles. The number of ether oxygens (including phenoxy) is 2. The Morgan fingerprint density at radius 3 is 2.77 bits per heavy atom. The zero-order chi connectivity index (χ0) is 21.6. The van der Waals surface area contributed by atoms with Crippen LogP contribution < -0.4 is 9.47 Å². The van der Waals surface area contributed by atoms with Gasteiger partial charge in [-0.3, -0.25) is 9.69 Å². The van der Waals surface area contributed by atoms with Gasteiger partial charge in [0.1, 0.15) is 5.75 Å². The van der Waals surface area contributed by atoms with Gasteiger partial charge in [-0.25, -0.2) is 9.97 Å². The van der Waals surface area contributed by atoms with Crippen molar-refractivity contribution in [1.82, 2.24) is 19.8 Å². The molecule has 7 heteroatoms. The lowest BCUT2D eigenvalue weighted by atomic mass is 9.86. The molecule has 0 saturated carbocycles. The topological polar surface area (TPSA) is 67.8 Å². The second-order valence-electron chi connectivity index (χ2n) is 8.58. The number of hydrogen-bond acceptors (Lipinski definition) is 6. The standard InChI is InChI=1S/C24H32N4O3/c1-27-21-11-12-28(15-18-13-25-24(30-2)26-14-18)16-20(21)9-4-3-7-19-8-5-6-10-22(19)31-17-23(27)29/h5-6,8,10,13-14,20-21H,3-4,7,9,11-12,15-17H2,1-2H3/t20-,21+/m0/s1. The molecule has 166 valence electrons. The van der Waals surface area contributed by atoms with E-state index in [4.69, 9.17) is 9.47 Å². The quantitative estimate of drug-likeness (QED) is 0.755. The lowest BCUT2D eigenvalue weighted by molar-refractivity contribution is -0.136. The van der Waals surface area contributed by atoms with Crippen molar-refractivity contribution >= 4 is 5.91 Å². The number of likely N-dealkylation sites (tertiary alicyclic amines) is 1. The number of nitrogens with zero attached hydrogens (tertiary/aromatic N) is 4. The lowest BCUT2D eigenvalue weighted by Crippen LogP contribution is -2.52. The number of carbonyl (C=O) groups excluding carboxylic acids is 1. The van der Waals surface area contributed by atoms with Gasteiger partial charge in [0.05, 0.1) is 7.11 Å². The van der Waals surface area contributed by atoms with Gasteiger partial charge in [-0.1, -0.05) is 24.6 Å². The predicted molar refractivity (Wildman–Crippen MR) is 118 cm³/mol. The van der Waals surface area contributed by atoms with E-state index in [1.165, 1.54) is 5.56 Å². The van der Waals surface area contributed by atoms with Crippen LogP contribution in [0.1, 0.15) is 36.8 Å². The first-order chi connectivity index (χ1) is 15.1. The van der Waals surface area contributed by atoms with Crippen LogP contribution in [0.4, 0.5) is 0 Å². The molecule has 3 heterocycles. The third kappa shape index (κ3) is 5.34. The van der Waals surface area contributed by atoms with Gasteiger partial charge < -0.3 is 14.4 Å². The largest absolute Gasteiger partial charge is 0.483 e. The van der Waals surface area contributed by atoms with Crippen molar-refractivity contribution in [2.24, 2.45) is 5.92 Å². The lowest BCUT2D eigenvalue weighted by Gasteiger charge is -2.43. The van der Waals surface area contributed by atoms with Crippen LogP contribution in [-0.4, -0.2) is 65.6 Å². The number of para-hydroxylation sites is 1. The monoisotopic (exact) mass is 424 g/mol. The van der Waals surface area contributed by atoms with Crippen LogP contribution in [0.15, 0.2) is 36.7 Å². The number of hydrogen-bond donors (Lipinski definition) is 0. The van der Waals surface area contributed by atoms with Gasteiger partial charge in [0.2, 0.25) is 0 Å². The van der Waals surface area contributed by atoms with Crippen LogP contribution in [-0.2, 0) is 17.8 Å². The Morgan fingerprint density at radius 1 is 1.16 bits per heavy atom. The minimum atomic E-state index is 0.0578. The van der Waals surface area contributed by atoms with E-state index in [9.17, 15) is 4.79 Å². The van der Waals surface area contributed by atoms with Gasteiger partial charge in [0, 0.05) is 50.7 Å². The summed E-state index contributed by atoms with van der Waals surface area (Å²) in [5.41, 5.74) is 2.28. The summed E-state index contributed by atoms with van der Waals surface area (Å²) >= 11 is 0. The van der Waals surface area contributed by atoms with E-state index >= 15 is 0 Å². The van der Waals surface area contributed by atoms with Crippen LogP contribution in [0.25, 0.3) is 0 Å². The third-order valence-electron chi connectivity index (χ3n) is 6.53. The van der Waals surface area contributed by atoms with Gasteiger partial charge in [-0.15, -0.1) is 0 Å². The maximum atomic E-state index is 12.9. The molecule has 2 aliphatic heterocycles. The number of methoxy groups -OCH3 is 1. The molecule has 2 atom stereocenters. The molecule has 0 bridgehead atoms. The SMILES string of the molecule is COc1ncc(CN2CC[C@@H]3[C@@H](CCCCc4ccccc4OCC(=O)N3C)C2)cn1. The van der Waals surface area contributed by atoms with E-state index in [1.54, 1.807) is 7.11 Å². The smallest absolute Gasteiger partial charge is 0.316 e. The number of piperidine rings is 1. The molecule has 0 radical (unpaired) electrons. The van der Waals surface area contributed by atoms with E-state index in [-0.39, 0.29) is 18.6 Å². The van der Waals surface area contributed by atoms with Crippen LogP contribution in [0.5, 0.6) is 11.8 Å². The number of rotatable bonds is 3. The summed E-state index contributed by atoms with van der Waals surface area (Å²) in [4.78, 5) is 25.7. The van der Waals surface area contributed by atoms with E-state index < -0.39 is 0 Å². The van der Waals surface area contributed by atoms with E-state index in [0.29, 0.717) is 11.9 Å². The average Bonchev–Trinajstić information content (AvgIpc) is 2.80. The summed E-state index contributed by atoms with van der Waals surface area (Å²) in [7, 11) is 3.51. The summed E-state index contributed by atoms with van der Waals surface area (Å²) in [5.74, 6) is 1.36. The van der Waals surface area contributed by atoms with Crippen molar-refractivity contribution in [3.8, 4) is 11.8 Å². The summed E-state index contributed by atoms with van der Waals surface area (Å²) in [5, 5.41) is 0. The highest BCUT2D eigenvalue weighted by atomic mass is 16.5. The molecule has 1 aromatic heterocycles. The number of amides is 1. The molecule has 4 rings (SSSR count). The number of fused-ring (bicyclic) bond motifs is 2. The highest BCUT2D eigenvalue weighted by molar-refractivity contribution is 5.78. The van der Waals surface area contributed by atoms with E-state index in [2.05, 4.69) is 20.9 Å². The minimum absolute atomic E-state index is 0.0578. The first-order valence-electron chi connectivity index (χ1n) is 11.2. The second-order valence-corrected chi connectivity index (χ2v) is 8.58. The molecule has 1 amide bonds. The molecule has 1 aromatic carbocycles. The van der Waals surface area contributed by atoms with Gasteiger partial charge in [0.15, 0.2) is 6.61 Å². The molecule has 0 spiro atoms. The van der Waals surface area contributed by atoms with Crippen molar-refractivity contribution in [2.75, 3.05) is 33.9 Å². The Hall–Kier alpha value is -2.67. The number of benzene rings is 1. The molecule has 7 nitrogen and oxygen atoms in total. The second kappa shape index (κ2) is 10.1. The zero-order valence-corrected chi connectivity index (χ0v) is 18.5. The number of carbonyl (C=O) groups is 1. The van der Waals surface area contributed by atoms with E-state index in [1.807, 2.05) is 42.5 Å². The number of aryl methyl sites for hydroxylation is 1. The minimum Gasteiger partial charge on any atom is -0.483 e. The summed E-state index contributed by atoms with van der Waals surface area (Å²) in [6, 6.07) is 8.74. The van der Waals surface area contributed by atoms with Gasteiger partial charge in [-0.05, 0) is 43.2 Å². The average molecular weight is 425 g/mol. The molecule has 0 aliphatic carbocycles. The Balaban J connectivity index is 1.44. The predicted octanol–water partition coefficient (Wildman–Crippen LogP) is 2.94.